The van der Waals surface area contributed by atoms with Crippen LogP contribution in [0.5, 0.6) is 0 Å². The molecule has 1 aromatic carbocycles. The smallest absolute Gasteiger partial charge is 0.304 e. The summed E-state index contributed by atoms with van der Waals surface area (Å²) >= 11 is 4.99. The molecule has 0 aliphatic heterocycles. The van der Waals surface area contributed by atoms with Gasteiger partial charge in [-0.25, -0.2) is 4.98 Å². The second-order valence-corrected chi connectivity index (χ2v) is 6.20. The first kappa shape index (κ1) is 15.2. The fourth-order valence-corrected chi connectivity index (χ4v) is 2.85. The van der Waals surface area contributed by atoms with Gasteiger partial charge in [0.2, 0.25) is 0 Å². The van der Waals surface area contributed by atoms with E-state index in [2.05, 4.69) is 26.2 Å². The van der Waals surface area contributed by atoms with Gasteiger partial charge in [0.15, 0.2) is 0 Å². The predicted octanol–water partition coefficient (Wildman–Crippen LogP) is 3.70. The fraction of sp³-hybridized carbons (Fsp3) is 0.286. The highest BCUT2D eigenvalue weighted by Crippen LogP contribution is 2.26. The second-order valence-electron chi connectivity index (χ2n) is 4.40. The molecule has 0 bridgehead atoms. The minimum atomic E-state index is -0.792. The first-order chi connectivity index (χ1) is 9.56. The number of carbonyl (C=O) groups is 1. The molecule has 1 heterocycles. The van der Waals surface area contributed by atoms with Crippen LogP contribution in [0.3, 0.4) is 0 Å². The van der Waals surface area contributed by atoms with E-state index in [0.717, 1.165) is 20.7 Å². The Kier molecular flexibility index (Phi) is 5.28. The van der Waals surface area contributed by atoms with Gasteiger partial charge in [-0.2, -0.15) is 0 Å². The van der Waals surface area contributed by atoms with E-state index in [0.29, 0.717) is 6.54 Å². The zero-order valence-electron chi connectivity index (χ0n) is 11.0. The minimum absolute atomic E-state index is 0.0588. The van der Waals surface area contributed by atoms with E-state index in [9.17, 15) is 4.79 Å². The minimum Gasteiger partial charge on any atom is -0.481 e. The van der Waals surface area contributed by atoms with Gasteiger partial charge in [-0.15, -0.1) is 11.3 Å². The molecule has 0 saturated carbocycles. The van der Waals surface area contributed by atoms with Crippen LogP contribution in [0.4, 0.5) is 0 Å². The molecule has 1 atom stereocenters. The number of nitrogens with zero attached hydrogens (tertiary/aromatic N) is 1. The maximum Gasteiger partial charge on any atom is 0.304 e. The molecule has 6 heteroatoms. The van der Waals surface area contributed by atoms with E-state index in [4.69, 9.17) is 5.11 Å². The average Bonchev–Trinajstić information content (AvgIpc) is 2.88. The molecule has 0 aliphatic rings. The van der Waals surface area contributed by atoms with Crippen molar-refractivity contribution in [3.05, 3.63) is 39.1 Å². The lowest BCUT2D eigenvalue weighted by atomic mass is 10.2. The molecule has 106 valence electrons. The lowest BCUT2D eigenvalue weighted by Gasteiger charge is -2.09. The quantitative estimate of drug-likeness (QED) is 0.830. The van der Waals surface area contributed by atoms with Crippen LogP contribution in [0.1, 0.15) is 24.4 Å². The van der Waals surface area contributed by atoms with Crippen LogP contribution in [-0.4, -0.2) is 22.6 Å². The summed E-state index contributed by atoms with van der Waals surface area (Å²) in [5.74, 6) is -0.792. The van der Waals surface area contributed by atoms with E-state index < -0.39 is 5.97 Å². The first-order valence-electron chi connectivity index (χ1n) is 6.23. The molecule has 0 amide bonds. The Morgan fingerprint density at radius 3 is 2.80 bits per heavy atom. The van der Waals surface area contributed by atoms with E-state index in [1.807, 2.05) is 36.6 Å². The Labute approximate surface area is 130 Å². The molecular formula is C14H15BrN2O2S. The van der Waals surface area contributed by atoms with Crippen molar-refractivity contribution in [3.63, 3.8) is 0 Å². The van der Waals surface area contributed by atoms with E-state index in [-0.39, 0.29) is 12.5 Å². The van der Waals surface area contributed by atoms with E-state index in [1.54, 1.807) is 11.3 Å². The number of hydrogen-bond acceptors (Lipinski definition) is 4. The van der Waals surface area contributed by atoms with Crippen molar-refractivity contribution < 1.29 is 9.90 Å². The number of nitrogens with one attached hydrogen (secondary N) is 1. The molecule has 0 saturated heterocycles. The molecule has 4 nitrogen and oxygen atoms in total. The van der Waals surface area contributed by atoms with Crippen molar-refractivity contribution >= 4 is 33.2 Å². The zero-order chi connectivity index (χ0) is 14.5. The molecule has 1 unspecified atom stereocenters. The summed E-state index contributed by atoms with van der Waals surface area (Å²) in [5, 5.41) is 14.8. The van der Waals surface area contributed by atoms with Gasteiger partial charge in [-0.1, -0.05) is 28.1 Å². The van der Waals surface area contributed by atoms with Crippen LogP contribution in [0.25, 0.3) is 11.3 Å². The predicted molar refractivity (Wildman–Crippen MR) is 83.9 cm³/mol. The molecule has 0 radical (unpaired) electrons. The van der Waals surface area contributed by atoms with Gasteiger partial charge in [0.25, 0.3) is 0 Å². The molecule has 20 heavy (non-hydrogen) atoms. The highest BCUT2D eigenvalue weighted by molar-refractivity contribution is 9.10. The number of halogens is 1. The molecule has 2 N–H and O–H groups in total. The van der Waals surface area contributed by atoms with Crippen molar-refractivity contribution in [2.45, 2.75) is 19.4 Å². The maximum atomic E-state index is 10.5. The van der Waals surface area contributed by atoms with Gasteiger partial charge in [-0.05, 0) is 19.1 Å². The fourth-order valence-electron chi connectivity index (χ4n) is 1.72. The topological polar surface area (TPSA) is 62.2 Å². The van der Waals surface area contributed by atoms with Crippen LogP contribution < -0.4 is 5.32 Å². The van der Waals surface area contributed by atoms with Crippen molar-refractivity contribution in [2.75, 3.05) is 6.54 Å². The molecule has 2 rings (SSSR count). The maximum absolute atomic E-state index is 10.5. The lowest BCUT2D eigenvalue weighted by molar-refractivity contribution is -0.136. The summed E-state index contributed by atoms with van der Waals surface area (Å²) in [6.07, 6.45) is 0.120. The van der Waals surface area contributed by atoms with Gasteiger partial charge < -0.3 is 10.4 Å². The van der Waals surface area contributed by atoms with Gasteiger partial charge in [0.1, 0.15) is 5.01 Å². The van der Waals surface area contributed by atoms with Crippen molar-refractivity contribution in [3.8, 4) is 11.3 Å². The first-order valence-corrected chi connectivity index (χ1v) is 7.90. The molecule has 0 spiro atoms. The third-order valence-electron chi connectivity index (χ3n) is 2.82. The van der Waals surface area contributed by atoms with Crippen molar-refractivity contribution in [1.82, 2.24) is 10.3 Å². The highest BCUT2D eigenvalue weighted by atomic mass is 79.9. The standard InChI is InChI=1S/C14H15BrN2O2S/c1-9(16-7-6-13(18)19)14-17-12(8-20-14)10-2-4-11(15)5-3-10/h2-5,8-9,16H,6-7H2,1H3,(H,18,19). The normalized spacial score (nSPS) is 12.3. The molecule has 2 aromatic rings. The van der Waals surface area contributed by atoms with Crippen LogP contribution in [0.15, 0.2) is 34.1 Å². The summed E-state index contributed by atoms with van der Waals surface area (Å²) in [7, 11) is 0. The number of rotatable bonds is 6. The van der Waals surface area contributed by atoms with E-state index in [1.165, 1.54) is 0 Å². The number of benzene rings is 1. The molecule has 0 fully saturated rings. The molecule has 1 aromatic heterocycles. The number of hydrogen-bond donors (Lipinski definition) is 2. The van der Waals surface area contributed by atoms with Crippen LogP contribution in [-0.2, 0) is 4.79 Å². The number of carboxylic acid groups (broad SMARTS) is 1. The Morgan fingerprint density at radius 1 is 1.45 bits per heavy atom. The lowest BCUT2D eigenvalue weighted by Crippen LogP contribution is -2.21. The average molecular weight is 355 g/mol. The summed E-state index contributed by atoms with van der Waals surface area (Å²) in [4.78, 5) is 15.1. The van der Waals surface area contributed by atoms with Crippen molar-refractivity contribution in [1.29, 1.82) is 0 Å². The Balaban J connectivity index is 2.01. The highest BCUT2D eigenvalue weighted by Gasteiger charge is 2.11. The van der Waals surface area contributed by atoms with Gasteiger partial charge in [-0.3, -0.25) is 4.79 Å². The van der Waals surface area contributed by atoms with Crippen LogP contribution in [0, 0.1) is 0 Å². The Morgan fingerprint density at radius 2 is 2.15 bits per heavy atom. The van der Waals surface area contributed by atoms with Crippen LogP contribution >= 0.6 is 27.3 Å². The number of thiazole rings is 1. The van der Waals surface area contributed by atoms with Crippen molar-refractivity contribution in [2.24, 2.45) is 0 Å². The Hall–Kier alpha value is -1.24. The zero-order valence-corrected chi connectivity index (χ0v) is 13.4. The summed E-state index contributed by atoms with van der Waals surface area (Å²) in [6.45, 7) is 2.44. The number of aliphatic carboxylic acids is 1. The monoisotopic (exact) mass is 354 g/mol. The third-order valence-corrected chi connectivity index (χ3v) is 4.38. The third kappa shape index (κ3) is 4.13. The summed E-state index contributed by atoms with van der Waals surface area (Å²) in [6, 6.07) is 8.08. The van der Waals surface area contributed by atoms with Crippen LogP contribution in [0.2, 0.25) is 0 Å². The van der Waals surface area contributed by atoms with Gasteiger partial charge >= 0.3 is 5.97 Å². The SMILES string of the molecule is CC(NCCC(=O)O)c1nc(-c2ccc(Br)cc2)cs1. The largest absolute Gasteiger partial charge is 0.481 e. The molecule has 0 aliphatic carbocycles. The molecular weight excluding hydrogens is 340 g/mol. The number of aromatic nitrogens is 1. The van der Waals surface area contributed by atoms with E-state index >= 15 is 0 Å². The van der Waals surface area contributed by atoms with Gasteiger partial charge in [0, 0.05) is 22.0 Å². The second kappa shape index (κ2) is 6.97. The summed E-state index contributed by atoms with van der Waals surface area (Å²) in [5.41, 5.74) is 2.03. The number of carboxylic acids is 1. The summed E-state index contributed by atoms with van der Waals surface area (Å²) < 4.78 is 1.04. The Bertz CT molecular complexity index is 583. The van der Waals surface area contributed by atoms with Gasteiger partial charge in [0.05, 0.1) is 18.2 Å².